The van der Waals surface area contributed by atoms with Crippen LogP contribution in [0.1, 0.15) is 12.8 Å². The van der Waals surface area contributed by atoms with Gasteiger partial charge in [0, 0.05) is 17.6 Å². The summed E-state index contributed by atoms with van der Waals surface area (Å²) in [5, 5.41) is 0.0714. The molecule has 0 aromatic carbocycles. The van der Waals surface area contributed by atoms with Gasteiger partial charge in [0.1, 0.15) is 10.6 Å². The highest BCUT2D eigenvalue weighted by molar-refractivity contribution is 9.10. The van der Waals surface area contributed by atoms with E-state index in [2.05, 4.69) is 36.4 Å². The molecule has 15 heavy (non-hydrogen) atoms. The molecule has 4 nitrogen and oxygen atoms in total. The molecule has 0 aliphatic carbocycles. The van der Waals surface area contributed by atoms with Gasteiger partial charge in [-0.2, -0.15) is 0 Å². The van der Waals surface area contributed by atoms with Crippen LogP contribution in [0.15, 0.2) is 0 Å². The molecule has 0 aromatic heterocycles. The Balaban J connectivity index is 4.00. The number of hydrogen-bond donors (Lipinski definition) is 1. The van der Waals surface area contributed by atoms with Crippen LogP contribution in [0.3, 0.4) is 0 Å². The minimum absolute atomic E-state index is 0.243. The Labute approximate surface area is 115 Å². The third kappa shape index (κ3) is 9.36. The van der Waals surface area contributed by atoms with Gasteiger partial charge in [0.2, 0.25) is 0 Å². The van der Waals surface area contributed by atoms with Crippen LogP contribution in [0.25, 0.3) is 0 Å². The second-order valence-electron chi connectivity index (χ2n) is 2.45. The summed E-state index contributed by atoms with van der Waals surface area (Å²) in [5.74, 6) is 0.243. The molecule has 0 heterocycles. The zero-order valence-electron chi connectivity index (χ0n) is 7.61. The molecule has 0 aromatic rings. The lowest BCUT2D eigenvalue weighted by Gasteiger charge is -2.17. The van der Waals surface area contributed by atoms with Gasteiger partial charge in [-0.3, -0.25) is 9.05 Å². The summed E-state index contributed by atoms with van der Waals surface area (Å²) < 4.78 is 20.7. The molecule has 0 fully saturated rings. The van der Waals surface area contributed by atoms with Crippen molar-refractivity contribution in [3.05, 3.63) is 0 Å². The van der Waals surface area contributed by atoms with E-state index < -0.39 is 18.4 Å². The number of phosphoric acid groups is 1. The van der Waals surface area contributed by atoms with E-state index in [0.717, 1.165) is 0 Å². The maximum absolute atomic E-state index is 11.3. The van der Waals surface area contributed by atoms with Gasteiger partial charge in [0.15, 0.2) is 0 Å². The minimum Gasteiger partial charge on any atom is -0.302 e. The Bertz CT molecular complexity index is 203. The zero-order valence-corrected chi connectivity index (χ0v) is 13.2. The smallest absolute Gasteiger partial charge is 0.302 e. The lowest BCUT2D eigenvalue weighted by atomic mass is 10.5. The average Bonchev–Trinajstić information content (AvgIpc) is 2.01. The van der Waals surface area contributed by atoms with Crippen LogP contribution in [0.2, 0.25) is 0 Å². The topological polar surface area (TPSA) is 55.8 Å². The summed E-state index contributed by atoms with van der Waals surface area (Å²) in [7, 11) is -4.12. The van der Waals surface area contributed by atoms with Crippen molar-refractivity contribution in [3.8, 4) is 0 Å². The molecule has 3 unspecified atom stereocenters. The normalized spacial score (nSPS) is 19.5. The van der Waals surface area contributed by atoms with Gasteiger partial charge in [0.05, 0.1) is 0 Å². The first-order valence-corrected chi connectivity index (χ1v) is 8.51. The third-order valence-corrected chi connectivity index (χ3v) is 4.25. The Hall–Kier alpha value is 1.65. The Morgan fingerprint density at radius 1 is 1.40 bits per heavy atom. The van der Waals surface area contributed by atoms with Gasteiger partial charge >= 0.3 is 7.82 Å². The third-order valence-electron chi connectivity index (χ3n) is 1.17. The van der Waals surface area contributed by atoms with Crippen LogP contribution < -0.4 is 0 Å². The van der Waals surface area contributed by atoms with Crippen molar-refractivity contribution in [2.45, 2.75) is 23.4 Å². The Morgan fingerprint density at radius 2 is 2.00 bits per heavy atom. The van der Waals surface area contributed by atoms with Crippen LogP contribution in [0.5, 0.6) is 0 Å². The molecule has 9 heteroatoms. The Kier molecular flexibility index (Phi) is 9.66. The van der Waals surface area contributed by atoms with Crippen molar-refractivity contribution in [2.24, 2.45) is 0 Å². The van der Waals surface area contributed by atoms with E-state index in [4.69, 9.17) is 27.7 Å². The SMILES string of the molecule is O=P(O)(OC(Cl)CCCl)OC(Br)CCBr. The fraction of sp³-hybridized carbons (Fsp3) is 1.00. The number of hydrogen-bond acceptors (Lipinski definition) is 3. The summed E-state index contributed by atoms with van der Waals surface area (Å²) in [6.45, 7) is 0. The summed E-state index contributed by atoms with van der Waals surface area (Å²) >= 11 is 17.2. The number of phosphoric ester groups is 1. The molecule has 0 aliphatic rings. The lowest BCUT2D eigenvalue weighted by Crippen LogP contribution is -2.09. The van der Waals surface area contributed by atoms with Gasteiger partial charge < -0.3 is 4.89 Å². The van der Waals surface area contributed by atoms with Crippen molar-refractivity contribution < 1.29 is 18.5 Å². The van der Waals surface area contributed by atoms with Crippen molar-refractivity contribution in [1.82, 2.24) is 0 Å². The molecular weight excluding hydrogens is 398 g/mol. The maximum Gasteiger partial charge on any atom is 0.474 e. The van der Waals surface area contributed by atoms with Crippen LogP contribution in [0, 0.1) is 0 Å². The number of alkyl halides is 4. The monoisotopic (exact) mass is 406 g/mol. The second-order valence-corrected chi connectivity index (χ2v) is 6.49. The molecule has 0 bridgehead atoms. The molecule has 3 atom stereocenters. The van der Waals surface area contributed by atoms with Gasteiger partial charge in [-0.1, -0.05) is 43.5 Å². The van der Waals surface area contributed by atoms with Gasteiger partial charge in [-0.15, -0.1) is 11.6 Å². The first-order chi connectivity index (χ1) is 6.91. The molecule has 0 spiro atoms. The fourth-order valence-electron chi connectivity index (χ4n) is 0.591. The van der Waals surface area contributed by atoms with E-state index in [1.807, 2.05) is 0 Å². The maximum atomic E-state index is 11.3. The van der Waals surface area contributed by atoms with Crippen molar-refractivity contribution in [2.75, 3.05) is 11.2 Å². The quantitative estimate of drug-likeness (QED) is 0.490. The van der Waals surface area contributed by atoms with E-state index in [-0.39, 0.29) is 12.3 Å². The van der Waals surface area contributed by atoms with Crippen LogP contribution in [-0.4, -0.2) is 26.7 Å². The number of rotatable bonds is 8. The van der Waals surface area contributed by atoms with E-state index in [0.29, 0.717) is 11.8 Å². The molecule has 0 rings (SSSR count). The van der Waals surface area contributed by atoms with Crippen LogP contribution in [-0.2, 0) is 13.6 Å². The van der Waals surface area contributed by atoms with Crippen molar-refractivity contribution in [3.63, 3.8) is 0 Å². The predicted octanol–water partition coefficient (Wildman–Crippen LogP) is 3.82. The summed E-state index contributed by atoms with van der Waals surface area (Å²) in [5.41, 5.74) is -0.929. The lowest BCUT2D eigenvalue weighted by molar-refractivity contribution is 0.128. The van der Waals surface area contributed by atoms with Crippen molar-refractivity contribution in [1.29, 1.82) is 0 Å². The molecule has 92 valence electrons. The molecule has 0 saturated carbocycles. The van der Waals surface area contributed by atoms with Crippen LogP contribution in [0.4, 0.5) is 0 Å². The fourth-order valence-corrected chi connectivity index (χ4v) is 4.04. The molecule has 1 N–H and O–H groups in total. The van der Waals surface area contributed by atoms with Gasteiger partial charge in [-0.25, -0.2) is 4.57 Å². The summed E-state index contributed by atoms with van der Waals surface area (Å²) in [6, 6.07) is 0. The molecular formula is C6H11Br2Cl2O4P. The molecule has 0 amide bonds. The van der Waals surface area contributed by atoms with Gasteiger partial charge in [0.25, 0.3) is 0 Å². The summed E-state index contributed by atoms with van der Waals surface area (Å²) in [4.78, 5) is 9.25. The largest absolute Gasteiger partial charge is 0.474 e. The molecule has 0 radical (unpaired) electrons. The predicted molar refractivity (Wildman–Crippen MR) is 68.1 cm³/mol. The standard InChI is InChI=1S/C6H11Br2Cl2O4P/c7-3-1-5(8)13-15(11,12)14-6(10)2-4-9/h5-6H,1-4H2,(H,11,12). The summed E-state index contributed by atoms with van der Waals surface area (Å²) in [6.07, 6.45) is 0.790. The molecule has 0 aliphatic heterocycles. The highest BCUT2D eigenvalue weighted by Gasteiger charge is 2.28. The highest BCUT2D eigenvalue weighted by atomic mass is 79.9. The Morgan fingerprint density at radius 3 is 2.47 bits per heavy atom. The van der Waals surface area contributed by atoms with Crippen LogP contribution >= 0.6 is 62.9 Å². The minimum atomic E-state index is -4.12. The van der Waals surface area contributed by atoms with E-state index in [1.54, 1.807) is 0 Å². The first kappa shape index (κ1) is 16.6. The van der Waals surface area contributed by atoms with Crippen molar-refractivity contribution >= 4 is 62.9 Å². The van der Waals surface area contributed by atoms with E-state index in [9.17, 15) is 9.46 Å². The number of halogens is 4. The zero-order chi connectivity index (χ0) is 11.9. The molecule has 0 saturated heterocycles. The van der Waals surface area contributed by atoms with E-state index >= 15 is 0 Å². The van der Waals surface area contributed by atoms with Gasteiger partial charge in [-0.05, 0) is 6.42 Å². The second kappa shape index (κ2) is 8.70. The van der Waals surface area contributed by atoms with E-state index in [1.165, 1.54) is 0 Å². The average molecular weight is 409 g/mol. The highest BCUT2D eigenvalue weighted by Crippen LogP contribution is 2.48. The first-order valence-electron chi connectivity index (χ1n) is 4.01.